The SMILES string of the molecule is COC(=O)Oc1sccc1OC(F)F. The first-order valence-electron chi connectivity index (χ1n) is 3.41. The van der Waals surface area contributed by atoms with Crippen LogP contribution in [0.25, 0.3) is 0 Å². The molecule has 0 atom stereocenters. The van der Waals surface area contributed by atoms with E-state index in [0.717, 1.165) is 18.4 Å². The number of hydrogen-bond donors (Lipinski definition) is 0. The molecule has 7 heteroatoms. The van der Waals surface area contributed by atoms with Gasteiger partial charge in [-0.1, -0.05) is 0 Å². The standard InChI is InChI=1S/C7H6F2O4S/c1-11-7(10)13-5-4(2-3-14-5)12-6(8)9/h2-3,6H,1H3. The van der Waals surface area contributed by atoms with Crippen LogP contribution in [0.15, 0.2) is 11.4 Å². The van der Waals surface area contributed by atoms with Crippen molar-refractivity contribution < 1.29 is 27.8 Å². The molecule has 0 aliphatic carbocycles. The van der Waals surface area contributed by atoms with E-state index in [1.165, 1.54) is 11.4 Å². The van der Waals surface area contributed by atoms with Gasteiger partial charge in [0, 0.05) is 0 Å². The van der Waals surface area contributed by atoms with E-state index in [-0.39, 0.29) is 10.8 Å². The fourth-order valence-electron chi connectivity index (χ4n) is 0.659. The fourth-order valence-corrected chi connectivity index (χ4v) is 1.32. The molecule has 0 bridgehead atoms. The van der Waals surface area contributed by atoms with Crippen molar-refractivity contribution in [1.29, 1.82) is 0 Å². The number of rotatable bonds is 3. The van der Waals surface area contributed by atoms with Crippen LogP contribution in [0.5, 0.6) is 10.8 Å². The van der Waals surface area contributed by atoms with Crippen molar-refractivity contribution in [2.24, 2.45) is 0 Å². The average Bonchev–Trinajstić information content (AvgIpc) is 2.52. The van der Waals surface area contributed by atoms with Gasteiger partial charge in [0.2, 0.25) is 5.06 Å². The van der Waals surface area contributed by atoms with Gasteiger partial charge in [-0.15, -0.1) is 11.3 Å². The van der Waals surface area contributed by atoms with E-state index in [4.69, 9.17) is 0 Å². The van der Waals surface area contributed by atoms with E-state index in [9.17, 15) is 13.6 Å². The molecule has 0 saturated heterocycles. The second kappa shape index (κ2) is 4.75. The average molecular weight is 224 g/mol. The zero-order valence-corrected chi connectivity index (χ0v) is 7.85. The molecule has 0 saturated carbocycles. The zero-order valence-electron chi connectivity index (χ0n) is 7.03. The molecule has 1 rings (SSSR count). The molecule has 1 heterocycles. The van der Waals surface area contributed by atoms with E-state index in [1.807, 2.05) is 0 Å². The van der Waals surface area contributed by atoms with Gasteiger partial charge in [0.25, 0.3) is 0 Å². The van der Waals surface area contributed by atoms with Crippen LogP contribution in [0.2, 0.25) is 0 Å². The summed E-state index contributed by atoms with van der Waals surface area (Å²) in [5.74, 6) is -0.185. The topological polar surface area (TPSA) is 44.8 Å². The maximum Gasteiger partial charge on any atom is 0.514 e. The normalized spacial score (nSPS) is 10.0. The highest BCUT2D eigenvalue weighted by Crippen LogP contribution is 2.34. The fraction of sp³-hybridized carbons (Fsp3) is 0.286. The van der Waals surface area contributed by atoms with Crippen molar-refractivity contribution in [3.63, 3.8) is 0 Å². The van der Waals surface area contributed by atoms with Gasteiger partial charge < -0.3 is 14.2 Å². The number of alkyl halides is 2. The summed E-state index contributed by atoms with van der Waals surface area (Å²) in [7, 11) is 1.11. The number of ether oxygens (including phenoxy) is 3. The molecule has 0 aromatic carbocycles. The third-order valence-electron chi connectivity index (χ3n) is 1.15. The van der Waals surface area contributed by atoms with Gasteiger partial charge in [-0.3, -0.25) is 0 Å². The van der Waals surface area contributed by atoms with Gasteiger partial charge >= 0.3 is 12.8 Å². The lowest BCUT2D eigenvalue weighted by molar-refractivity contribution is -0.0509. The molecule has 14 heavy (non-hydrogen) atoms. The van der Waals surface area contributed by atoms with Crippen LogP contribution < -0.4 is 9.47 Å². The lowest BCUT2D eigenvalue weighted by atomic mass is 10.6. The second-order valence-corrected chi connectivity index (χ2v) is 2.89. The van der Waals surface area contributed by atoms with Crippen molar-refractivity contribution in [1.82, 2.24) is 0 Å². The molecule has 0 aliphatic heterocycles. The summed E-state index contributed by atoms with van der Waals surface area (Å²) in [6, 6.07) is 1.27. The minimum Gasteiger partial charge on any atom is -0.437 e. The zero-order chi connectivity index (χ0) is 10.6. The number of halogens is 2. The Hall–Kier alpha value is -1.37. The van der Waals surface area contributed by atoms with Gasteiger partial charge in [-0.25, -0.2) is 4.79 Å². The second-order valence-electron chi connectivity index (χ2n) is 2.01. The van der Waals surface area contributed by atoms with Crippen molar-refractivity contribution in [3.05, 3.63) is 11.4 Å². The van der Waals surface area contributed by atoms with E-state index in [0.29, 0.717) is 0 Å². The maximum absolute atomic E-state index is 11.8. The van der Waals surface area contributed by atoms with Gasteiger partial charge in [0.05, 0.1) is 7.11 Å². The first-order valence-corrected chi connectivity index (χ1v) is 4.29. The third kappa shape index (κ3) is 2.84. The smallest absolute Gasteiger partial charge is 0.437 e. The Morgan fingerprint density at radius 3 is 2.86 bits per heavy atom. The van der Waals surface area contributed by atoms with Gasteiger partial charge in [-0.2, -0.15) is 8.78 Å². The molecule has 0 radical (unpaired) electrons. The van der Waals surface area contributed by atoms with Crippen LogP contribution >= 0.6 is 11.3 Å². The maximum atomic E-state index is 11.8. The van der Waals surface area contributed by atoms with Crippen LogP contribution in [0.1, 0.15) is 0 Å². The summed E-state index contributed by atoms with van der Waals surface area (Å²) < 4.78 is 36.4. The number of carbonyl (C=O) groups excluding carboxylic acids is 1. The Labute approximate surface area is 82.0 Å². The Kier molecular flexibility index (Phi) is 3.63. The summed E-state index contributed by atoms with van der Waals surface area (Å²) in [6.07, 6.45) is -0.980. The van der Waals surface area contributed by atoms with Gasteiger partial charge in [-0.05, 0) is 11.4 Å². The summed E-state index contributed by atoms with van der Waals surface area (Å²) in [5.41, 5.74) is 0. The van der Waals surface area contributed by atoms with Crippen molar-refractivity contribution in [2.45, 2.75) is 6.61 Å². The molecule has 0 amide bonds. The molecule has 0 spiro atoms. The number of hydrogen-bond acceptors (Lipinski definition) is 5. The first kappa shape index (κ1) is 10.7. The summed E-state index contributed by atoms with van der Waals surface area (Å²) in [5, 5.41) is 1.40. The monoisotopic (exact) mass is 224 g/mol. The van der Waals surface area contributed by atoms with Gasteiger partial charge in [0.1, 0.15) is 0 Å². The molecule has 1 aromatic heterocycles. The Balaban J connectivity index is 2.67. The summed E-state index contributed by atoms with van der Waals surface area (Å²) >= 11 is 0.954. The van der Waals surface area contributed by atoms with Crippen LogP contribution in [0.4, 0.5) is 13.6 Å². The minimum atomic E-state index is -2.95. The highest BCUT2D eigenvalue weighted by Gasteiger charge is 2.15. The van der Waals surface area contributed by atoms with E-state index in [1.54, 1.807) is 0 Å². The van der Waals surface area contributed by atoms with Crippen LogP contribution in [-0.2, 0) is 4.74 Å². The van der Waals surface area contributed by atoms with Crippen LogP contribution in [-0.4, -0.2) is 19.9 Å². The quantitative estimate of drug-likeness (QED) is 0.740. The Bertz CT molecular complexity index is 312. The number of carbonyl (C=O) groups is 1. The van der Waals surface area contributed by atoms with Gasteiger partial charge in [0.15, 0.2) is 5.75 Å². The molecule has 1 aromatic rings. The van der Waals surface area contributed by atoms with Crippen LogP contribution in [0, 0.1) is 0 Å². The minimum absolute atomic E-state index is 0.0582. The number of methoxy groups -OCH3 is 1. The highest BCUT2D eigenvalue weighted by atomic mass is 32.1. The molecule has 0 N–H and O–H groups in total. The molecule has 0 unspecified atom stereocenters. The number of thiophene rings is 1. The lowest BCUT2D eigenvalue weighted by Gasteiger charge is -2.04. The van der Waals surface area contributed by atoms with Crippen molar-refractivity contribution >= 4 is 17.5 Å². The summed E-state index contributed by atoms with van der Waals surface area (Å²) in [4.78, 5) is 10.6. The molecule has 0 fully saturated rings. The molecule has 0 aliphatic rings. The Morgan fingerprint density at radius 1 is 1.57 bits per heavy atom. The lowest BCUT2D eigenvalue weighted by Crippen LogP contribution is -2.08. The highest BCUT2D eigenvalue weighted by molar-refractivity contribution is 7.12. The Morgan fingerprint density at radius 2 is 2.29 bits per heavy atom. The third-order valence-corrected chi connectivity index (χ3v) is 1.93. The first-order chi connectivity index (χ1) is 6.63. The molecule has 78 valence electrons. The van der Waals surface area contributed by atoms with Crippen molar-refractivity contribution in [2.75, 3.05) is 7.11 Å². The summed E-state index contributed by atoms with van der Waals surface area (Å²) in [6.45, 7) is -2.95. The van der Waals surface area contributed by atoms with E-state index >= 15 is 0 Å². The molecular weight excluding hydrogens is 218 g/mol. The van der Waals surface area contributed by atoms with E-state index < -0.39 is 12.8 Å². The predicted molar refractivity (Wildman–Crippen MR) is 44.0 cm³/mol. The van der Waals surface area contributed by atoms with Crippen molar-refractivity contribution in [3.8, 4) is 10.8 Å². The largest absolute Gasteiger partial charge is 0.514 e. The molecular formula is C7H6F2O4S. The molecule has 4 nitrogen and oxygen atoms in total. The van der Waals surface area contributed by atoms with Crippen LogP contribution in [0.3, 0.4) is 0 Å². The predicted octanol–water partition coefficient (Wildman–Crippen LogP) is 2.49. The van der Waals surface area contributed by atoms with E-state index in [2.05, 4.69) is 14.2 Å².